The second-order valence-electron chi connectivity index (χ2n) is 2.64. The van der Waals surface area contributed by atoms with Crippen molar-refractivity contribution >= 4 is 33.6 Å². The topological polar surface area (TPSA) is 20.3 Å². The summed E-state index contributed by atoms with van der Waals surface area (Å²) in [5.41, 5.74) is 0. The third-order valence-corrected chi connectivity index (χ3v) is 4.32. The van der Waals surface area contributed by atoms with Gasteiger partial charge in [-0.2, -0.15) is 0 Å². The Labute approximate surface area is 72.5 Å². The summed E-state index contributed by atoms with van der Waals surface area (Å²) >= 11 is 5.39. The number of hydrogen-bond donors (Lipinski definition) is 0. The average Bonchev–Trinajstić information content (AvgIpc) is 1.92. The number of β-lactam (4-membered cyclic amide) rings is 1. The normalized spacial score (nSPS) is 38.9. The molecule has 2 atom stereocenters. The Kier molecular flexibility index (Phi) is 1.68. The zero-order chi connectivity index (χ0) is 7.14. The van der Waals surface area contributed by atoms with Crippen LogP contribution in [-0.4, -0.2) is 33.3 Å². The van der Waals surface area contributed by atoms with E-state index in [1.807, 2.05) is 16.7 Å². The largest absolute Gasteiger partial charge is 0.329 e. The fourth-order valence-electron chi connectivity index (χ4n) is 1.27. The Balaban J connectivity index is 2.00. The predicted octanol–water partition coefficient (Wildman–Crippen LogP) is 1.06. The van der Waals surface area contributed by atoms with Crippen LogP contribution in [-0.2, 0) is 4.79 Å². The van der Waals surface area contributed by atoms with Crippen molar-refractivity contribution in [2.45, 2.75) is 16.6 Å². The van der Waals surface area contributed by atoms with E-state index in [1.165, 1.54) is 0 Å². The van der Waals surface area contributed by atoms with Gasteiger partial charge in [0.1, 0.15) is 0 Å². The Morgan fingerprint density at radius 1 is 1.70 bits per heavy atom. The van der Waals surface area contributed by atoms with E-state index in [1.54, 1.807) is 0 Å². The molecule has 2 aliphatic rings. The molecule has 2 fully saturated rings. The average molecular weight is 222 g/mol. The molecule has 4 heteroatoms. The van der Waals surface area contributed by atoms with Crippen LogP contribution in [0.2, 0.25) is 0 Å². The fourth-order valence-corrected chi connectivity index (χ4v) is 3.23. The van der Waals surface area contributed by atoms with Crippen molar-refractivity contribution in [2.24, 2.45) is 0 Å². The number of carbonyl (C=O) groups is 1. The number of carbonyl (C=O) groups excluding carboxylic acids is 1. The van der Waals surface area contributed by atoms with Crippen LogP contribution < -0.4 is 0 Å². The Hall–Kier alpha value is 0.300. The molecule has 2 rings (SSSR count). The maximum absolute atomic E-state index is 10.9. The summed E-state index contributed by atoms with van der Waals surface area (Å²) < 4.78 is 0. The number of amides is 1. The zero-order valence-electron chi connectivity index (χ0n) is 5.42. The van der Waals surface area contributed by atoms with Gasteiger partial charge in [0.25, 0.3) is 0 Å². The number of thioether (sulfide) groups is 1. The van der Waals surface area contributed by atoms with E-state index in [2.05, 4.69) is 15.9 Å². The van der Waals surface area contributed by atoms with Crippen molar-refractivity contribution in [3.05, 3.63) is 0 Å². The molecular weight excluding hydrogens is 214 g/mol. The molecule has 0 aliphatic carbocycles. The van der Waals surface area contributed by atoms with Crippen LogP contribution in [0.3, 0.4) is 0 Å². The van der Waals surface area contributed by atoms with E-state index in [0.717, 1.165) is 18.7 Å². The molecule has 0 aromatic rings. The lowest BCUT2D eigenvalue weighted by Crippen LogP contribution is -2.56. The first-order chi connectivity index (χ1) is 4.77. The van der Waals surface area contributed by atoms with E-state index in [0.29, 0.717) is 16.1 Å². The van der Waals surface area contributed by atoms with Crippen molar-refractivity contribution < 1.29 is 4.79 Å². The standard InChI is InChI=1S/C6H8BrNOS/c7-4-2-8-5(9)1-6(8)10-3-4/h4,6H,1-3H2/t4?,6-/m1/s1. The lowest BCUT2D eigenvalue weighted by molar-refractivity contribution is -0.141. The first-order valence-corrected chi connectivity index (χ1v) is 5.29. The fraction of sp³-hybridized carbons (Fsp3) is 0.833. The van der Waals surface area contributed by atoms with Gasteiger partial charge in [0.15, 0.2) is 0 Å². The van der Waals surface area contributed by atoms with Gasteiger partial charge in [0.05, 0.1) is 11.8 Å². The SMILES string of the molecule is O=C1C[C@H]2SCC(Br)CN12. The van der Waals surface area contributed by atoms with Gasteiger partial charge < -0.3 is 4.90 Å². The molecule has 2 nitrogen and oxygen atoms in total. The molecule has 0 saturated carbocycles. The first-order valence-electron chi connectivity index (χ1n) is 3.32. The summed E-state index contributed by atoms with van der Waals surface area (Å²) in [6, 6.07) is 0. The third-order valence-electron chi connectivity index (χ3n) is 1.88. The summed E-state index contributed by atoms with van der Waals surface area (Å²) in [7, 11) is 0. The highest BCUT2D eigenvalue weighted by atomic mass is 79.9. The minimum Gasteiger partial charge on any atom is -0.329 e. The van der Waals surface area contributed by atoms with Gasteiger partial charge in [-0.3, -0.25) is 4.79 Å². The van der Waals surface area contributed by atoms with E-state index >= 15 is 0 Å². The molecule has 2 aliphatic heterocycles. The molecule has 2 heterocycles. The van der Waals surface area contributed by atoms with Gasteiger partial charge in [-0.1, -0.05) is 15.9 Å². The second kappa shape index (κ2) is 2.41. The highest BCUT2D eigenvalue weighted by Crippen LogP contribution is 2.35. The van der Waals surface area contributed by atoms with Gasteiger partial charge >= 0.3 is 0 Å². The van der Waals surface area contributed by atoms with Crippen LogP contribution in [0, 0.1) is 0 Å². The van der Waals surface area contributed by atoms with Gasteiger partial charge in [-0.15, -0.1) is 11.8 Å². The van der Waals surface area contributed by atoms with E-state index in [9.17, 15) is 4.79 Å². The van der Waals surface area contributed by atoms with E-state index < -0.39 is 0 Å². The highest BCUT2D eigenvalue weighted by molar-refractivity contribution is 9.09. The maximum Gasteiger partial charge on any atom is 0.226 e. The molecule has 0 aromatic heterocycles. The van der Waals surface area contributed by atoms with Gasteiger partial charge in [0.2, 0.25) is 5.91 Å². The first kappa shape index (κ1) is 6.98. The third kappa shape index (κ3) is 0.975. The highest BCUT2D eigenvalue weighted by Gasteiger charge is 2.40. The van der Waals surface area contributed by atoms with Crippen LogP contribution in [0.25, 0.3) is 0 Å². The maximum atomic E-state index is 10.9. The number of halogens is 1. The summed E-state index contributed by atoms with van der Waals surface area (Å²) in [6.45, 7) is 0.913. The Morgan fingerprint density at radius 3 is 3.10 bits per heavy atom. The summed E-state index contributed by atoms with van der Waals surface area (Å²) in [6.07, 6.45) is 0.768. The number of hydrogen-bond acceptors (Lipinski definition) is 2. The molecule has 0 radical (unpaired) electrons. The van der Waals surface area contributed by atoms with Crippen LogP contribution in [0.1, 0.15) is 6.42 Å². The number of rotatable bonds is 0. The van der Waals surface area contributed by atoms with Crippen LogP contribution in [0.4, 0.5) is 0 Å². The summed E-state index contributed by atoms with van der Waals surface area (Å²) in [5, 5.41) is 0.515. The molecule has 10 heavy (non-hydrogen) atoms. The van der Waals surface area contributed by atoms with E-state index in [-0.39, 0.29) is 0 Å². The van der Waals surface area contributed by atoms with Gasteiger partial charge in [-0.25, -0.2) is 0 Å². The molecule has 0 aromatic carbocycles. The monoisotopic (exact) mass is 221 g/mol. The Bertz CT molecular complexity index is 175. The molecule has 0 N–H and O–H groups in total. The minimum atomic E-state index is 0.321. The molecule has 56 valence electrons. The number of nitrogens with zero attached hydrogens (tertiary/aromatic N) is 1. The van der Waals surface area contributed by atoms with Crippen molar-refractivity contribution in [1.82, 2.24) is 4.90 Å². The van der Waals surface area contributed by atoms with Crippen molar-refractivity contribution in [3.63, 3.8) is 0 Å². The van der Waals surface area contributed by atoms with Crippen LogP contribution >= 0.6 is 27.7 Å². The van der Waals surface area contributed by atoms with Crippen molar-refractivity contribution in [1.29, 1.82) is 0 Å². The molecule has 0 bridgehead atoms. The van der Waals surface area contributed by atoms with Crippen LogP contribution in [0.15, 0.2) is 0 Å². The van der Waals surface area contributed by atoms with Crippen molar-refractivity contribution in [3.8, 4) is 0 Å². The van der Waals surface area contributed by atoms with Crippen LogP contribution in [0.5, 0.6) is 0 Å². The quantitative estimate of drug-likeness (QED) is 0.451. The lowest BCUT2D eigenvalue weighted by atomic mass is 10.2. The molecule has 2 saturated heterocycles. The molecular formula is C6H8BrNOS. The lowest BCUT2D eigenvalue weighted by Gasteiger charge is -2.44. The number of fused-ring (bicyclic) bond motifs is 1. The Morgan fingerprint density at radius 2 is 2.50 bits per heavy atom. The molecule has 1 amide bonds. The minimum absolute atomic E-state index is 0.321. The summed E-state index contributed by atoms with van der Waals surface area (Å²) in [5.74, 6) is 1.47. The number of alkyl halides is 1. The van der Waals surface area contributed by atoms with E-state index in [4.69, 9.17) is 0 Å². The summed E-state index contributed by atoms with van der Waals surface area (Å²) in [4.78, 5) is 13.4. The smallest absolute Gasteiger partial charge is 0.226 e. The molecule has 0 spiro atoms. The van der Waals surface area contributed by atoms with Gasteiger partial charge in [0, 0.05) is 17.1 Å². The predicted molar refractivity (Wildman–Crippen MR) is 45.3 cm³/mol. The zero-order valence-corrected chi connectivity index (χ0v) is 7.82. The molecule has 1 unspecified atom stereocenters. The van der Waals surface area contributed by atoms with Crippen molar-refractivity contribution in [2.75, 3.05) is 12.3 Å². The second-order valence-corrected chi connectivity index (χ2v) is 5.14. The van der Waals surface area contributed by atoms with Gasteiger partial charge in [-0.05, 0) is 0 Å².